The molecule has 0 aromatic heterocycles. The molecule has 1 unspecified atom stereocenters. The number of hydrogen-bond acceptors (Lipinski definition) is 3. The van der Waals surface area contributed by atoms with Gasteiger partial charge >= 0.3 is 0 Å². The molecule has 17 heavy (non-hydrogen) atoms. The molecule has 2 rings (SSSR count). The zero-order valence-corrected chi connectivity index (χ0v) is 11.5. The van der Waals surface area contributed by atoms with Crippen LogP contribution in [0.5, 0.6) is 0 Å². The molecule has 100 valence electrons. The van der Waals surface area contributed by atoms with Crippen LogP contribution < -0.4 is 5.73 Å². The van der Waals surface area contributed by atoms with Gasteiger partial charge in [0.05, 0.1) is 6.10 Å². The maximum Gasteiger partial charge on any atom is 0.0599 e. The summed E-state index contributed by atoms with van der Waals surface area (Å²) in [5.41, 5.74) is 6.27. The highest BCUT2D eigenvalue weighted by molar-refractivity contribution is 4.94. The van der Waals surface area contributed by atoms with Crippen LogP contribution in [0.25, 0.3) is 0 Å². The third-order valence-electron chi connectivity index (χ3n) is 4.47. The lowest BCUT2D eigenvalue weighted by molar-refractivity contribution is -0.0171. The Morgan fingerprint density at radius 2 is 1.88 bits per heavy atom. The van der Waals surface area contributed by atoms with E-state index in [0.29, 0.717) is 6.10 Å². The van der Waals surface area contributed by atoms with Crippen LogP contribution in [0.3, 0.4) is 0 Å². The molecule has 0 radical (unpaired) electrons. The second-order valence-corrected chi connectivity index (χ2v) is 5.99. The van der Waals surface area contributed by atoms with Crippen molar-refractivity contribution in [2.24, 2.45) is 11.7 Å². The molecule has 3 heteroatoms. The maximum absolute atomic E-state index is 6.03. The first-order valence-corrected chi connectivity index (χ1v) is 7.24. The van der Waals surface area contributed by atoms with E-state index in [9.17, 15) is 0 Å². The van der Waals surface area contributed by atoms with Gasteiger partial charge in [-0.15, -0.1) is 0 Å². The summed E-state index contributed by atoms with van der Waals surface area (Å²) in [4.78, 5) is 2.61. The van der Waals surface area contributed by atoms with Crippen LogP contribution >= 0.6 is 0 Å². The molecule has 2 fully saturated rings. The highest BCUT2D eigenvalue weighted by atomic mass is 16.5. The highest BCUT2D eigenvalue weighted by Crippen LogP contribution is 2.39. The molecule has 1 atom stereocenters. The van der Waals surface area contributed by atoms with Crippen molar-refractivity contribution in [1.82, 2.24) is 4.90 Å². The topological polar surface area (TPSA) is 38.5 Å². The first-order valence-electron chi connectivity index (χ1n) is 7.24. The van der Waals surface area contributed by atoms with Gasteiger partial charge in [-0.05, 0) is 39.0 Å². The molecule has 1 aliphatic carbocycles. The van der Waals surface area contributed by atoms with Gasteiger partial charge in [-0.2, -0.15) is 0 Å². The normalized spacial score (nSPS) is 27.0. The predicted molar refractivity (Wildman–Crippen MR) is 71.0 cm³/mol. The summed E-state index contributed by atoms with van der Waals surface area (Å²) in [5, 5.41) is 0. The fourth-order valence-corrected chi connectivity index (χ4v) is 3.08. The van der Waals surface area contributed by atoms with Crippen LogP contribution in [0.2, 0.25) is 0 Å². The second-order valence-electron chi connectivity index (χ2n) is 5.99. The van der Waals surface area contributed by atoms with Gasteiger partial charge < -0.3 is 10.5 Å². The molecule has 0 spiro atoms. The molecule has 1 heterocycles. The summed E-state index contributed by atoms with van der Waals surface area (Å²) in [6.07, 6.45) is 6.97. The Labute approximate surface area is 106 Å². The van der Waals surface area contributed by atoms with Crippen molar-refractivity contribution in [2.75, 3.05) is 26.2 Å². The van der Waals surface area contributed by atoms with Gasteiger partial charge in [-0.1, -0.05) is 12.8 Å². The lowest BCUT2D eigenvalue weighted by Gasteiger charge is -2.44. The lowest BCUT2D eigenvalue weighted by Crippen LogP contribution is -2.55. The van der Waals surface area contributed by atoms with Crippen LogP contribution in [-0.4, -0.2) is 42.8 Å². The minimum absolute atomic E-state index is 0.234. The van der Waals surface area contributed by atoms with E-state index in [2.05, 4.69) is 18.7 Å². The van der Waals surface area contributed by atoms with E-state index in [1.165, 1.54) is 32.1 Å². The predicted octanol–water partition coefficient (Wildman–Crippen LogP) is 2.00. The van der Waals surface area contributed by atoms with Crippen LogP contribution in [0, 0.1) is 5.92 Å². The molecule has 0 aromatic carbocycles. The number of hydrogen-bond donors (Lipinski definition) is 1. The molecule has 3 nitrogen and oxygen atoms in total. The quantitative estimate of drug-likeness (QED) is 0.772. The number of nitrogens with zero attached hydrogens (tertiary/aromatic N) is 1. The number of rotatable bonds is 6. The Bertz CT molecular complexity index is 234. The van der Waals surface area contributed by atoms with Gasteiger partial charge in [0.1, 0.15) is 0 Å². The standard InChI is InChI=1S/C14H28N2O/c1-3-17-13-6-8-16(9-7-13)14(2,11-15)10-12-4-5-12/h12-13H,3-11,15H2,1-2H3. The van der Waals surface area contributed by atoms with Gasteiger partial charge in [0.2, 0.25) is 0 Å². The molecule has 2 N–H and O–H groups in total. The van der Waals surface area contributed by atoms with E-state index < -0.39 is 0 Å². The molecule has 0 amide bonds. The fraction of sp³-hybridized carbons (Fsp3) is 1.00. The van der Waals surface area contributed by atoms with Gasteiger partial charge in [-0.3, -0.25) is 4.90 Å². The monoisotopic (exact) mass is 240 g/mol. The number of piperidine rings is 1. The highest BCUT2D eigenvalue weighted by Gasteiger charge is 2.38. The van der Waals surface area contributed by atoms with Crippen LogP contribution in [-0.2, 0) is 4.74 Å². The van der Waals surface area contributed by atoms with E-state index in [1.54, 1.807) is 0 Å². The summed E-state index contributed by atoms with van der Waals surface area (Å²) >= 11 is 0. The van der Waals surface area contributed by atoms with Crippen molar-refractivity contribution in [2.45, 2.75) is 57.6 Å². The molecule has 1 saturated carbocycles. The minimum Gasteiger partial charge on any atom is -0.378 e. The molecule has 2 aliphatic rings. The Hall–Kier alpha value is -0.120. The van der Waals surface area contributed by atoms with Crippen molar-refractivity contribution >= 4 is 0 Å². The minimum atomic E-state index is 0.234. The average molecular weight is 240 g/mol. The van der Waals surface area contributed by atoms with Gasteiger partial charge in [-0.25, -0.2) is 0 Å². The SMILES string of the molecule is CCOC1CCN(C(C)(CN)CC2CC2)CC1. The Morgan fingerprint density at radius 1 is 1.24 bits per heavy atom. The van der Waals surface area contributed by atoms with E-state index >= 15 is 0 Å². The Kier molecular flexibility index (Phi) is 4.45. The number of ether oxygens (including phenoxy) is 1. The van der Waals surface area contributed by atoms with Crippen molar-refractivity contribution < 1.29 is 4.74 Å². The van der Waals surface area contributed by atoms with Gasteiger partial charge in [0.15, 0.2) is 0 Å². The van der Waals surface area contributed by atoms with E-state index in [-0.39, 0.29) is 5.54 Å². The largest absolute Gasteiger partial charge is 0.378 e. The number of nitrogens with two attached hydrogens (primary N) is 1. The van der Waals surface area contributed by atoms with Crippen LogP contribution in [0.4, 0.5) is 0 Å². The van der Waals surface area contributed by atoms with Crippen molar-refractivity contribution in [3.05, 3.63) is 0 Å². The van der Waals surface area contributed by atoms with Crippen molar-refractivity contribution in [3.8, 4) is 0 Å². The van der Waals surface area contributed by atoms with E-state index in [4.69, 9.17) is 10.5 Å². The number of likely N-dealkylation sites (tertiary alicyclic amines) is 1. The third kappa shape index (κ3) is 3.43. The van der Waals surface area contributed by atoms with Crippen LogP contribution in [0.1, 0.15) is 46.0 Å². The molecular formula is C14H28N2O. The summed E-state index contributed by atoms with van der Waals surface area (Å²) in [6.45, 7) is 8.40. The Morgan fingerprint density at radius 3 is 2.35 bits per heavy atom. The second kappa shape index (κ2) is 5.68. The van der Waals surface area contributed by atoms with Crippen LogP contribution in [0.15, 0.2) is 0 Å². The zero-order valence-electron chi connectivity index (χ0n) is 11.5. The van der Waals surface area contributed by atoms with E-state index in [0.717, 1.165) is 32.2 Å². The average Bonchev–Trinajstić information content (AvgIpc) is 3.14. The third-order valence-corrected chi connectivity index (χ3v) is 4.47. The zero-order chi connectivity index (χ0) is 12.3. The first kappa shape index (κ1) is 13.3. The summed E-state index contributed by atoms with van der Waals surface area (Å²) in [7, 11) is 0. The van der Waals surface area contributed by atoms with Gasteiger partial charge in [0, 0.05) is 31.8 Å². The molecule has 0 bridgehead atoms. The van der Waals surface area contributed by atoms with Gasteiger partial charge in [0.25, 0.3) is 0 Å². The summed E-state index contributed by atoms with van der Waals surface area (Å²) in [5.74, 6) is 0.952. The first-order chi connectivity index (χ1) is 8.18. The summed E-state index contributed by atoms with van der Waals surface area (Å²) < 4.78 is 5.71. The molecule has 1 aliphatic heterocycles. The Balaban J connectivity index is 1.84. The summed E-state index contributed by atoms with van der Waals surface area (Å²) in [6, 6.07) is 0. The fourth-order valence-electron chi connectivity index (χ4n) is 3.08. The lowest BCUT2D eigenvalue weighted by atomic mass is 9.90. The van der Waals surface area contributed by atoms with E-state index in [1.807, 2.05) is 0 Å². The smallest absolute Gasteiger partial charge is 0.0599 e. The molecule has 1 saturated heterocycles. The van der Waals surface area contributed by atoms with Crippen molar-refractivity contribution in [1.29, 1.82) is 0 Å². The van der Waals surface area contributed by atoms with Crippen molar-refractivity contribution in [3.63, 3.8) is 0 Å². The molecule has 0 aromatic rings. The maximum atomic E-state index is 6.03. The molecular weight excluding hydrogens is 212 g/mol.